The van der Waals surface area contributed by atoms with Crippen LogP contribution in [-0.2, 0) is 0 Å². The highest BCUT2D eigenvalue weighted by Gasteiger charge is 2.23. The van der Waals surface area contributed by atoms with Crippen LogP contribution in [0.25, 0.3) is 0 Å². The Labute approximate surface area is 149 Å². The highest BCUT2D eigenvalue weighted by Crippen LogP contribution is 2.23. The lowest BCUT2D eigenvalue weighted by Gasteiger charge is -2.38. The molecule has 134 valence electrons. The third-order valence-electron chi connectivity index (χ3n) is 5.03. The van der Waals surface area contributed by atoms with E-state index in [-0.39, 0.29) is 0 Å². The van der Waals surface area contributed by atoms with Crippen molar-refractivity contribution in [1.82, 2.24) is 14.8 Å². The second-order valence-electron chi connectivity index (χ2n) is 6.59. The molecule has 0 unspecified atom stereocenters. The van der Waals surface area contributed by atoms with Gasteiger partial charge < -0.3 is 9.84 Å². The van der Waals surface area contributed by atoms with Crippen molar-refractivity contribution < 1.29 is 9.84 Å². The first-order valence-corrected chi connectivity index (χ1v) is 8.85. The quantitative estimate of drug-likeness (QED) is 0.875. The second kappa shape index (κ2) is 8.43. The van der Waals surface area contributed by atoms with E-state index < -0.39 is 6.10 Å². The van der Waals surface area contributed by atoms with Crippen LogP contribution in [0.1, 0.15) is 30.2 Å². The number of rotatable bonds is 6. The summed E-state index contributed by atoms with van der Waals surface area (Å²) in [4.78, 5) is 9.03. The largest absolute Gasteiger partial charge is 0.497 e. The molecule has 0 spiro atoms. The fourth-order valence-corrected chi connectivity index (χ4v) is 3.37. The first-order chi connectivity index (χ1) is 12.2. The van der Waals surface area contributed by atoms with Gasteiger partial charge in [-0.15, -0.1) is 0 Å². The van der Waals surface area contributed by atoms with Crippen molar-refractivity contribution in [3.8, 4) is 5.75 Å². The second-order valence-corrected chi connectivity index (χ2v) is 6.59. The van der Waals surface area contributed by atoms with E-state index in [4.69, 9.17) is 4.74 Å². The average Bonchev–Trinajstić information content (AvgIpc) is 2.68. The summed E-state index contributed by atoms with van der Waals surface area (Å²) < 4.78 is 5.24. The van der Waals surface area contributed by atoms with E-state index in [1.807, 2.05) is 42.7 Å². The number of aliphatic hydroxyl groups excluding tert-OH is 1. The molecule has 2 heterocycles. The first kappa shape index (κ1) is 17.9. The normalized spacial score (nSPS) is 18.7. The van der Waals surface area contributed by atoms with Gasteiger partial charge >= 0.3 is 0 Å². The van der Waals surface area contributed by atoms with E-state index in [1.54, 1.807) is 7.11 Å². The Morgan fingerprint density at radius 3 is 2.56 bits per heavy atom. The lowest BCUT2D eigenvalue weighted by molar-refractivity contribution is 0.0588. The van der Waals surface area contributed by atoms with E-state index in [9.17, 15) is 5.11 Å². The van der Waals surface area contributed by atoms with E-state index in [0.717, 1.165) is 37.5 Å². The molecule has 0 amide bonds. The summed E-state index contributed by atoms with van der Waals surface area (Å²) >= 11 is 0. The van der Waals surface area contributed by atoms with E-state index in [0.29, 0.717) is 12.6 Å². The summed E-state index contributed by atoms with van der Waals surface area (Å²) in [5.41, 5.74) is 2.16. The molecule has 1 aromatic heterocycles. The summed E-state index contributed by atoms with van der Waals surface area (Å²) in [7, 11) is 1.65. The van der Waals surface area contributed by atoms with Crippen LogP contribution in [0, 0.1) is 0 Å². The third kappa shape index (κ3) is 4.57. The number of hydrogen-bond acceptors (Lipinski definition) is 5. The van der Waals surface area contributed by atoms with Crippen molar-refractivity contribution in [1.29, 1.82) is 0 Å². The Morgan fingerprint density at radius 2 is 1.88 bits per heavy atom. The summed E-state index contributed by atoms with van der Waals surface area (Å²) in [6.45, 7) is 6.82. The smallest absolute Gasteiger partial charge is 0.119 e. The molecule has 5 nitrogen and oxygen atoms in total. The number of benzene rings is 1. The highest BCUT2D eigenvalue weighted by atomic mass is 16.5. The maximum atomic E-state index is 10.5. The zero-order valence-corrected chi connectivity index (χ0v) is 15.0. The summed E-state index contributed by atoms with van der Waals surface area (Å²) in [5, 5.41) is 10.5. The minimum Gasteiger partial charge on any atom is -0.497 e. The molecular formula is C20H27N3O2. The summed E-state index contributed by atoms with van der Waals surface area (Å²) in [6.07, 6.45) is 3.27. The van der Waals surface area contributed by atoms with E-state index in [2.05, 4.69) is 27.8 Å². The monoisotopic (exact) mass is 341 g/mol. The van der Waals surface area contributed by atoms with Crippen LogP contribution in [0.4, 0.5) is 0 Å². The Kier molecular flexibility index (Phi) is 6.02. The van der Waals surface area contributed by atoms with Gasteiger partial charge in [-0.1, -0.05) is 18.2 Å². The lowest BCUT2D eigenvalue weighted by atomic mass is 10.1. The van der Waals surface area contributed by atoms with Gasteiger partial charge in [-0.25, -0.2) is 0 Å². The standard InChI is InChI=1S/C20H27N3O2/c1-16(18-6-4-8-21-14-18)23-11-9-22(10-12-23)15-20(24)17-5-3-7-19(13-17)25-2/h3-8,13-14,16,20,24H,9-12,15H2,1-2H3/t16-,20-/m0/s1. The maximum absolute atomic E-state index is 10.5. The predicted molar refractivity (Wildman–Crippen MR) is 98.6 cm³/mol. The molecule has 1 saturated heterocycles. The van der Waals surface area contributed by atoms with Gasteiger partial charge in [0.15, 0.2) is 0 Å². The molecule has 0 aliphatic carbocycles. The van der Waals surface area contributed by atoms with Gasteiger partial charge in [-0.3, -0.25) is 14.8 Å². The van der Waals surface area contributed by atoms with Gasteiger partial charge in [0.1, 0.15) is 5.75 Å². The first-order valence-electron chi connectivity index (χ1n) is 8.85. The van der Waals surface area contributed by atoms with Crippen LogP contribution in [0.15, 0.2) is 48.8 Å². The number of ether oxygens (including phenoxy) is 1. The Bertz CT molecular complexity index is 657. The zero-order chi connectivity index (χ0) is 17.6. The minimum absolute atomic E-state index is 0.374. The van der Waals surface area contributed by atoms with Crippen LogP contribution in [0.5, 0.6) is 5.75 Å². The summed E-state index contributed by atoms with van der Waals surface area (Å²) in [5.74, 6) is 0.784. The zero-order valence-electron chi connectivity index (χ0n) is 15.0. The molecule has 1 N–H and O–H groups in total. The fourth-order valence-electron chi connectivity index (χ4n) is 3.37. The van der Waals surface area contributed by atoms with Gasteiger partial charge in [0.25, 0.3) is 0 Å². The Morgan fingerprint density at radius 1 is 1.12 bits per heavy atom. The highest BCUT2D eigenvalue weighted by molar-refractivity contribution is 5.30. The minimum atomic E-state index is -0.489. The predicted octanol–water partition coefficient (Wildman–Crippen LogP) is 2.50. The Balaban J connectivity index is 1.52. The van der Waals surface area contributed by atoms with Crippen molar-refractivity contribution in [2.75, 3.05) is 39.8 Å². The molecule has 2 aromatic rings. The van der Waals surface area contributed by atoms with E-state index in [1.165, 1.54) is 5.56 Å². The third-order valence-corrected chi connectivity index (χ3v) is 5.03. The molecular weight excluding hydrogens is 314 g/mol. The van der Waals surface area contributed by atoms with Gasteiger partial charge in [0.05, 0.1) is 13.2 Å². The molecule has 25 heavy (non-hydrogen) atoms. The number of aromatic nitrogens is 1. The van der Waals surface area contributed by atoms with Crippen molar-refractivity contribution in [2.24, 2.45) is 0 Å². The molecule has 5 heteroatoms. The molecule has 0 saturated carbocycles. The number of methoxy groups -OCH3 is 1. The topological polar surface area (TPSA) is 48.8 Å². The van der Waals surface area contributed by atoms with Crippen molar-refractivity contribution in [3.63, 3.8) is 0 Å². The molecule has 1 aliphatic rings. The number of aliphatic hydroxyl groups is 1. The number of piperazine rings is 1. The molecule has 2 atom stereocenters. The number of pyridine rings is 1. The van der Waals surface area contributed by atoms with Gasteiger partial charge in [0.2, 0.25) is 0 Å². The molecule has 1 aliphatic heterocycles. The molecule has 3 rings (SSSR count). The van der Waals surface area contributed by atoms with Crippen LogP contribution >= 0.6 is 0 Å². The lowest BCUT2D eigenvalue weighted by Crippen LogP contribution is -2.48. The summed E-state index contributed by atoms with van der Waals surface area (Å²) in [6, 6.07) is 12.2. The van der Waals surface area contributed by atoms with Crippen LogP contribution < -0.4 is 4.74 Å². The van der Waals surface area contributed by atoms with Gasteiger partial charge in [-0.2, -0.15) is 0 Å². The number of hydrogen-bond donors (Lipinski definition) is 1. The van der Waals surface area contributed by atoms with E-state index >= 15 is 0 Å². The number of β-amino-alcohol motifs (C(OH)–C–C–N with tert-alkyl or cyclic N) is 1. The fraction of sp³-hybridized carbons (Fsp3) is 0.450. The van der Waals surface area contributed by atoms with Crippen LogP contribution in [-0.4, -0.2) is 59.7 Å². The SMILES string of the molecule is COc1cccc([C@@H](O)CN2CCN([C@@H](C)c3cccnc3)CC2)c1. The van der Waals surface area contributed by atoms with Gasteiger partial charge in [0, 0.05) is 51.2 Å². The molecule has 1 fully saturated rings. The average molecular weight is 341 g/mol. The molecule has 0 radical (unpaired) electrons. The van der Waals surface area contributed by atoms with Crippen molar-refractivity contribution in [3.05, 3.63) is 59.9 Å². The number of nitrogens with zero attached hydrogens (tertiary/aromatic N) is 3. The van der Waals surface area contributed by atoms with Crippen LogP contribution in [0.2, 0.25) is 0 Å². The van der Waals surface area contributed by atoms with Crippen molar-refractivity contribution in [2.45, 2.75) is 19.1 Å². The maximum Gasteiger partial charge on any atom is 0.119 e. The molecule has 0 bridgehead atoms. The Hall–Kier alpha value is -1.95. The van der Waals surface area contributed by atoms with Crippen LogP contribution in [0.3, 0.4) is 0 Å². The molecule has 1 aromatic carbocycles. The van der Waals surface area contributed by atoms with Crippen molar-refractivity contribution >= 4 is 0 Å². The van der Waals surface area contributed by atoms with Gasteiger partial charge in [-0.05, 0) is 36.2 Å².